The molecule has 1 amide bonds. The van der Waals surface area contributed by atoms with Gasteiger partial charge in [-0.3, -0.25) is 4.79 Å². The van der Waals surface area contributed by atoms with E-state index in [9.17, 15) is 23.1 Å². The fourth-order valence-electron chi connectivity index (χ4n) is 2.89. The van der Waals surface area contributed by atoms with E-state index in [4.69, 9.17) is 15.6 Å². The first kappa shape index (κ1) is 24.9. The van der Waals surface area contributed by atoms with Crippen molar-refractivity contribution in [1.82, 2.24) is 15.3 Å². The van der Waals surface area contributed by atoms with Crippen LogP contribution < -0.4 is 11.1 Å². The van der Waals surface area contributed by atoms with Gasteiger partial charge in [0.05, 0.1) is 36.3 Å². The predicted octanol–water partition coefficient (Wildman–Crippen LogP) is 2.46. The molecular weight excluding hydrogens is 461 g/mol. The quantitative estimate of drug-likeness (QED) is 0.300. The zero-order valence-electron chi connectivity index (χ0n) is 17.3. The van der Waals surface area contributed by atoms with E-state index in [2.05, 4.69) is 15.3 Å². The van der Waals surface area contributed by atoms with Crippen LogP contribution in [0.5, 0.6) is 0 Å². The van der Waals surface area contributed by atoms with Gasteiger partial charge in [0.15, 0.2) is 0 Å². The highest BCUT2D eigenvalue weighted by Gasteiger charge is 2.30. The van der Waals surface area contributed by atoms with Gasteiger partial charge in [-0.25, -0.2) is 4.98 Å². The number of halogens is 3. The maximum absolute atomic E-state index is 12.7. The van der Waals surface area contributed by atoms with Crippen LogP contribution in [0.4, 0.5) is 13.2 Å². The molecule has 12 heteroatoms. The highest BCUT2D eigenvalue weighted by molar-refractivity contribution is 7.11. The van der Waals surface area contributed by atoms with Crippen LogP contribution in [-0.4, -0.2) is 52.0 Å². The Balaban J connectivity index is 1.62. The Morgan fingerprint density at radius 2 is 1.97 bits per heavy atom. The van der Waals surface area contributed by atoms with Crippen molar-refractivity contribution in [3.63, 3.8) is 0 Å². The van der Waals surface area contributed by atoms with E-state index in [0.717, 1.165) is 17.0 Å². The van der Waals surface area contributed by atoms with Crippen LogP contribution in [0.25, 0.3) is 11.3 Å². The number of thiazole rings is 1. The number of nitrogens with zero attached hydrogens (tertiary/aromatic N) is 1. The number of nitrogens with two attached hydrogens (primary N) is 1. The number of alkyl halides is 3. The molecule has 3 rings (SSSR count). The molecule has 178 valence electrons. The normalized spacial score (nSPS) is 13.6. The molecule has 0 bridgehead atoms. The number of rotatable bonds is 10. The minimum Gasteiger partial charge on any atom is -0.394 e. The number of H-pyrrole nitrogens is 1. The lowest BCUT2D eigenvalue weighted by Crippen LogP contribution is -2.33. The third-order valence-corrected chi connectivity index (χ3v) is 5.71. The van der Waals surface area contributed by atoms with Crippen molar-refractivity contribution in [2.24, 2.45) is 5.73 Å². The molecule has 6 N–H and O–H groups in total. The van der Waals surface area contributed by atoms with Gasteiger partial charge in [-0.1, -0.05) is 12.1 Å². The lowest BCUT2D eigenvalue weighted by molar-refractivity contribution is -0.137. The van der Waals surface area contributed by atoms with Crippen LogP contribution >= 0.6 is 11.3 Å². The number of aromatic amines is 1. The van der Waals surface area contributed by atoms with E-state index < -0.39 is 36.4 Å². The number of aliphatic hydroxyl groups excluding tert-OH is 2. The molecular formula is C21H23F3N4O4S. The molecule has 2 heterocycles. The SMILES string of the molecule is NCC(NC(=O)c1ccc(-c2ccc(C(F)(F)F)cc2)[nH]1)c1ncc(COCC(O)CO)s1. The molecule has 0 saturated heterocycles. The number of carbonyl (C=O) groups is 1. The summed E-state index contributed by atoms with van der Waals surface area (Å²) < 4.78 is 43.5. The number of hydrogen-bond donors (Lipinski definition) is 5. The minimum absolute atomic E-state index is 0.0190. The van der Waals surface area contributed by atoms with Crippen molar-refractivity contribution in [3.8, 4) is 11.3 Å². The first-order chi connectivity index (χ1) is 15.7. The standard InChI is InChI=1S/C21H23F3N4O4S/c22-21(23,24)13-3-1-12(2-4-13)16-5-6-17(27-16)19(31)28-18(7-25)20-26-8-15(33-20)11-32-10-14(30)9-29/h1-6,8,14,18,27,29-30H,7,9-11,25H2,(H,28,31). The zero-order chi connectivity index (χ0) is 24.0. The van der Waals surface area contributed by atoms with Gasteiger partial charge in [0.25, 0.3) is 5.91 Å². The largest absolute Gasteiger partial charge is 0.416 e. The molecule has 0 saturated carbocycles. The molecule has 2 aromatic heterocycles. The van der Waals surface area contributed by atoms with E-state index in [1.165, 1.54) is 29.5 Å². The van der Waals surface area contributed by atoms with Crippen molar-refractivity contribution >= 4 is 17.2 Å². The number of benzene rings is 1. The summed E-state index contributed by atoms with van der Waals surface area (Å²) in [7, 11) is 0. The van der Waals surface area contributed by atoms with Crippen molar-refractivity contribution in [1.29, 1.82) is 0 Å². The summed E-state index contributed by atoms with van der Waals surface area (Å²) in [6.07, 6.45) is -3.79. The monoisotopic (exact) mass is 484 g/mol. The molecule has 2 unspecified atom stereocenters. The van der Waals surface area contributed by atoms with Gasteiger partial charge < -0.3 is 31.0 Å². The third-order valence-electron chi connectivity index (χ3n) is 4.63. The number of carbonyl (C=O) groups excluding carboxylic acids is 1. The maximum atomic E-state index is 12.7. The highest BCUT2D eigenvalue weighted by atomic mass is 32.1. The first-order valence-electron chi connectivity index (χ1n) is 9.90. The summed E-state index contributed by atoms with van der Waals surface area (Å²) in [6.45, 7) is -0.133. The van der Waals surface area contributed by atoms with Crippen molar-refractivity contribution in [2.75, 3.05) is 19.8 Å². The zero-order valence-corrected chi connectivity index (χ0v) is 18.1. The molecule has 0 aliphatic carbocycles. The van der Waals surface area contributed by atoms with E-state index in [0.29, 0.717) is 16.3 Å². The number of ether oxygens (including phenoxy) is 1. The van der Waals surface area contributed by atoms with Crippen LogP contribution in [0.1, 0.15) is 32.0 Å². The molecule has 2 atom stereocenters. The van der Waals surface area contributed by atoms with E-state index in [-0.39, 0.29) is 25.5 Å². The highest BCUT2D eigenvalue weighted by Crippen LogP contribution is 2.31. The number of aromatic nitrogens is 2. The van der Waals surface area contributed by atoms with Gasteiger partial charge in [-0.05, 0) is 29.8 Å². The molecule has 0 aliphatic rings. The van der Waals surface area contributed by atoms with Gasteiger partial charge in [0.1, 0.15) is 16.8 Å². The second-order valence-corrected chi connectivity index (χ2v) is 8.29. The second kappa shape index (κ2) is 10.9. The van der Waals surface area contributed by atoms with E-state index in [1.54, 1.807) is 12.3 Å². The van der Waals surface area contributed by atoms with Crippen LogP contribution in [0.2, 0.25) is 0 Å². The summed E-state index contributed by atoms with van der Waals surface area (Å²) in [5.74, 6) is -0.442. The Hall–Kier alpha value is -2.77. The average Bonchev–Trinajstić information content (AvgIpc) is 3.47. The summed E-state index contributed by atoms with van der Waals surface area (Å²) in [5.41, 5.74) is 6.28. The molecule has 33 heavy (non-hydrogen) atoms. The van der Waals surface area contributed by atoms with Crippen molar-refractivity contribution in [3.05, 3.63) is 63.7 Å². The van der Waals surface area contributed by atoms with Gasteiger partial charge in [0.2, 0.25) is 0 Å². The van der Waals surface area contributed by atoms with E-state index >= 15 is 0 Å². The Morgan fingerprint density at radius 1 is 1.24 bits per heavy atom. The molecule has 8 nitrogen and oxygen atoms in total. The fourth-order valence-corrected chi connectivity index (χ4v) is 3.81. The maximum Gasteiger partial charge on any atom is 0.416 e. The predicted molar refractivity (Wildman–Crippen MR) is 115 cm³/mol. The molecule has 1 aromatic carbocycles. The van der Waals surface area contributed by atoms with Gasteiger partial charge >= 0.3 is 6.18 Å². The van der Waals surface area contributed by atoms with Crippen LogP contribution in [0.15, 0.2) is 42.6 Å². The van der Waals surface area contributed by atoms with Crippen LogP contribution in [0.3, 0.4) is 0 Å². The Labute approximate surface area is 191 Å². The fraction of sp³-hybridized carbons (Fsp3) is 0.333. The topological polar surface area (TPSA) is 133 Å². The average molecular weight is 485 g/mol. The number of hydrogen-bond acceptors (Lipinski definition) is 7. The van der Waals surface area contributed by atoms with Gasteiger partial charge in [-0.2, -0.15) is 13.2 Å². The summed E-state index contributed by atoms with van der Waals surface area (Å²) >= 11 is 1.29. The lowest BCUT2D eigenvalue weighted by Gasteiger charge is -2.13. The second-order valence-electron chi connectivity index (χ2n) is 7.14. The summed E-state index contributed by atoms with van der Waals surface area (Å²) in [4.78, 5) is 20.6. The number of amides is 1. The third kappa shape index (κ3) is 6.62. The summed E-state index contributed by atoms with van der Waals surface area (Å²) in [5, 5.41) is 21.4. The van der Waals surface area contributed by atoms with Crippen molar-refractivity contribution < 1.29 is 32.9 Å². The number of aliphatic hydroxyl groups is 2. The number of nitrogens with one attached hydrogen (secondary N) is 2. The lowest BCUT2D eigenvalue weighted by atomic mass is 10.1. The van der Waals surface area contributed by atoms with Crippen LogP contribution in [0, 0.1) is 0 Å². The summed E-state index contributed by atoms with van der Waals surface area (Å²) in [6, 6.07) is 7.20. The molecule has 0 radical (unpaired) electrons. The molecule has 0 spiro atoms. The van der Waals surface area contributed by atoms with Gasteiger partial charge in [0, 0.05) is 18.4 Å². The molecule has 3 aromatic rings. The van der Waals surface area contributed by atoms with Gasteiger partial charge in [-0.15, -0.1) is 11.3 Å². The Bertz CT molecular complexity index is 1050. The van der Waals surface area contributed by atoms with Crippen LogP contribution in [-0.2, 0) is 17.5 Å². The Kier molecular flexibility index (Phi) is 8.21. The van der Waals surface area contributed by atoms with Crippen molar-refractivity contribution in [2.45, 2.75) is 24.9 Å². The Morgan fingerprint density at radius 3 is 2.61 bits per heavy atom. The first-order valence-corrected chi connectivity index (χ1v) is 10.7. The molecule has 0 aliphatic heterocycles. The smallest absolute Gasteiger partial charge is 0.394 e. The van der Waals surface area contributed by atoms with E-state index in [1.807, 2.05) is 0 Å². The molecule has 0 fully saturated rings. The minimum atomic E-state index is -4.42.